The van der Waals surface area contributed by atoms with Crippen molar-refractivity contribution in [1.82, 2.24) is 9.97 Å². The molecule has 4 N–H and O–H groups in total. The second-order valence-corrected chi connectivity index (χ2v) is 5.45. The van der Waals surface area contributed by atoms with Crippen LogP contribution < -0.4 is 16.4 Å². The van der Waals surface area contributed by atoms with Crippen LogP contribution in [-0.2, 0) is 0 Å². The minimum atomic E-state index is -0.621. The Morgan fingerprint density at radius 1 is 1.00 bits per heavy atom. The van der Waals surface area contributed by atoms with Crippen molar-refractivity contribution in [3.05, 3.63) is 69.7 Å². The molecule has 0 aliphatic rings. The molecule has 3 rings (SSSR count). The Bertz CT molecular complexity index is 920. The first-order valence-corrected chi connectivity index (χ1v) is 7.57. The highest BCUT2D eigenvalue weighted by Crippen LogP contribution is 2.32. The standard InChI is InChI=1S/C16H13ClN6O2/c17-10-5-4-8-12(9-10)20-16-21-14(18)13(23(24)25)15(22-16)19-11-6-2-1-3-7-11/h1-9H,(H4,18,19,20,21,22). The fraction of sp³-hybridized carbons (Fsp3) is 0. The number of aromatic nitrogens is 2. The molecule has 0 saturated carbocycles. The first kappa shape index (κ1) is 16.5. The van der Waals surface area contributed by atoms with Crippen molar-refractivity contribution in [2.45, 2.75) is 0 Å². The highest BCUT2D eigenvalue weighted by atomic mass is 35.5. The molecule has 0 atom stereocenters. The average Bonchev–Trinajstić information content (AvgIpc) is 2.55. The SMILES string of the molecule is Nc1nc(Nc2cccc(Cl)c2)nc(Nc2ccccc2)c1[N+](=O)[O-]. The topological polar surface area (TPSA) is 119 Å². The lowest BCUT2D eigenvalue weighted by Gasteiger charge is -2.10. The predicted molar refractivity (Wildman–Crippen MR) is 97.6 cm³/mol. The van der Waals surface area contributed by atoms with Gasteiger partial charge in [0.1, 0.15) is 0 Å². The van der Waals surface area contributed by atoms with E-state index in [1.54, 1.807) is 48.5 Å². The number of nitrogens with two attached hydrogens (primary N) is 1. The summed E-state index contributed by atoms with van der Waals surface area (Å²) in [6, 6.07) is 15.8. The zero-order valence-electron chi connectivity index (χ0n) is 12.8. The summed E-state index contributed by atoms with van der Waals surface area (Å²) in [6.45, 7) is 0. The summed E-state index contributed by atoms with van der Waals surface area (Å²) < 4.78 is 0. The summed E-state index contributed by atoms with van der Waals surface area (Å²) in [6.07, 6.45) is 0. The van der Waals surface area contributed by atoms with Gasteiger partial charge in [-0.25, -0.2) is 0 Å². The van der Waals surface area contributed by atoms with Crippen LogP contribution in [0.1, 0.15) is 0 Å². The molecule has 0 fully saturated rings. The first-order chi connectivity index (χ1) is 12.0. The molecule has 126 valence electrons. The maximum atomic E-state index is 11.3. The van der Waals surface area contributed by atoms with Crippen molar-refractivity contribution in [1.29, 1.82) is 0 Å². The van der Waals surface area contributed by atoms with Crippen LogP contribution in [0.4, 0.5) is 34.6 Å². The number of nitrogens with zero attached hydrogens (tertiary/aromatic N) is 3. The second-order valence-electron chi connectivity index (χ2n) is 5.01. The Morgan fingerprint density at radius 2 is 1.72 bits per heavy atom. The van der Waals surface area contributed by atoms with Crippen LogP contribution in [0.2, 0.25) is 5.02 Å². The van der Waals surface area contributed by atoms with Crippen molar-refractivity contribution < 1.29 is 4.92 Å². The van der Waals surface area contributed by atoms with E-state index in [-0.39, 0.29) is 23.3 Å². The van der Waals surface area contributed by atoms with E-state index in [4.69, 9.17) is 17.3 Å². The molecule has 0 spiro atoms. The van der Waals surface area contributed by atoms with Gasteiger partial charge < -0.3 is 16.4 Å². The van der Waals surface area contributed by atoms with Gasteiger partial charge in [-0.3, -0.25) is 10.1 Å². The van der Waals surface area contributed by atoms with Crippen LogP contribution in [0.25, 0.3) is 0 Å². The van der Waals surface area contributed by atoms with Gasteiger partial charge in [-0.1, -0.05) is 35.9 Å². The lowest BCUT2D eigenvalue weighted by Crippen LogP contribution is -2.08. The summed E-state index contributed by atoms with van der Waals surface area (Å²) >= 11 is 5.94. The minimum absolute atomic E-state index is 0.00627. The summed E-state index contributed by atoms with van der Waals surface area (Å²) in [5.41, 5.74) is 6.64. The molecular formula is C16H13ClN6O2. The van der Waals surface area contributed by atoms with Crippen molar-refractivity contribution in [2.75, 3.05) is 16.4 Å². The Kier molecular flexibility index (Phi) is 4.62. The molecule has 0 bridgehead atoms. The van der Waals surface area contributed by atoms with E-state index in [0.29, 0.717) is 16.4 Å². The van der Waals surface area contributed by atoms with Crippen LogP contribution >= 0.6 is 11.6 Å². The Hall–Kier alpha value is -3.39. The number of nitrogens with one attached hydrogen (secondary N) is 2. The van der Waals surface area contributed by atoms with Crippen LogP contribution in [0.3, 0.4) is 0 Å². The van der Waals surface area contributed by atoms with Crippen LogP contribution in [0, 0.1) is 10.1 Å². The van der Waals surface area contributed by atoms with Crippen LogP contribution in [0.5, 0.6) is 0 Å². The fourth-order valence-corrected chi connectivity index (χ4v) is 2.34. The number of para-hydroxylation sites is 1. The normalized spacial score (nSPS) is 10.3. The van der Waals surface area contributed by atoms with Crippen molar-refractivity contribution >= 4 is 46.2 Å². The van der Waals surface area contributed by atoms with E-state index in [1.165, 1.54) is 0 Å². The van der Waals surface area contributed by atoms with Gasteiger partial charge in [0.15, 0.2) is 0 Å². The van der Waals surface area contributed by atoms with Gasteiger partial charge in [0.25, 0.3) is 0 Å². The molecule has 0 aliphatic carbocycles. The second kappa shape index (κ2) is 7.02. The molecule has 0 aliphatic heterocycles. The molecule has 0 unspecified atom stereocenters. The molecule has 0 radical (unpaired) electrons. The van der Waals surface area contributed by atoms with Gasteiger partial charge >= 0.3 is 5.69 Å². The van der Waals surface area contributed by atoms with E-state index in [1.807, 2.05) is 6.07 Å². The highest BCUT2D eigenvalue weighted by Gasteiger charge is 2.23. The Morgan fingerprint density at radius 3 is 2.40 bits per heavy atom. The molecule has 0 saturated heterocycles. The third kappa shape index (κ3) is 3.93. The molecular weight excluding hydrogens is 344 g/mol. The van der Waals surface area contributed by atoms with Crippen LogP contribution in [-0.4, -0.2) is 14.9 Å². The summed E-state index contributed by atoms with van der Waals surface area (Å²) in [5.74, 6) is -0.139. The van der Waals surface area contributed by atoms with E-state index in [0.717, 1.165) is 0 Å². The third-order valence-corrected chi connectivity index (χ3v) is 3.45. The number of nitrogen functional groups attached to an aromatic ring is 1. The molecule has 9 heteroatoms. The lowest BCUT2D eigenvalue weighted by atomic mass is 10.3. The average molecular weight is 357 g/mol. The number of anilines is 5. The highest BCUT2D eigenvalue weighted by molar-refractivity contribution is 6.30. The maximum absolute atomic E-state index is 11.3. The molecule has 8 nitrogen and oxygen atoms in total. The molecule has 3 aromatic rings. The number of benzene rings is 2. The molecule has 1 aromatic heterocycles. The zero-order chi connectivity index (χ0) is 17.8. The monoisotopic (exact) mass is 356 g/mol. The Balaban J connectivity index is 1.99. The van der Waals surface area contributed by atoms with Crippen LogP contribution in [0.15, 0.2) is 54.6 Å². The van der Waals surface area contributed by atoms with E-state index in [2.05, 4.69) is 20.6 Å². The molecule has 2 aromatic carbocycles. The van der Waals surface area contributed by atoms with Crippen molar-refractivity contribution in [3.8, 4) is 0 Å². The van der Waals surface area contributed by atoms with Crippen molar-refractivity contribution in [2.24, 2.45) is 0 Å². The van der Waals surface area contributed by atoms with Gasteiger partial charge in [-0.15, -0.1) is 0 Å². The Labute approximate surface area is 147 Å². The smallest absolute Gasteiger partial charge is 0.353 e. The van der Waals surface area contributed by atoms with Gasteiger partial charge in [0, 0.05) is 16.4 Å². The van der Waals surface area contributed by atoms with E-state index >= 15 is 0 Å². The maximum Gasteiger partial charge on any atom is 0.353 e. The number of nitro groups is 1. The molecule has 1 heterocycles. The fourth-order valence-electron chi connectivity index (χ4n) is 2.15. The molecule has 25 heavy (non-hydrogen) atoms. The number of hydrogen-bond acceptors (Lipinski definition) is 7. The summed E-state index contributed by atoms with van der Waals surface area (Å²) in [7, 11) is 0. The van der Waals surface area contributed by atoms with E-state index in [9.17, 15) is 10.1 Å². The van der Waals surface area contributed by atoms with Gasteiger partial charge in [0.2, 0.25) is 17.6 Å². The molecule has 0 amide bonds. The minimum Gasteiger partial charge on any atom is -0.378 e. The van der Waals surface area contributed by atoms with Gasteiger partial charge in [-0.05, 0) is 30.3 Å². The largest absolute Gasteiger partial charge is 0.378 e. The van der Waals surface area contributed by atoms with Gasteiger partial charge in [0.05, 0.1) is 4.92 Å². The number of hydrogen-bond donors (Lipinski definition) is 3. The number of halogens is 1. The van der Waals surface area contributed by atoms with Crippen molar-refractivity contribution in [3.63, 3.8) is 0 Å². The first-order valence-electron chi connectivity index (χ1n) is 7.19. The predicted octanol–water partition coefficient (Wildman–Crippen LogP) is 4.11. The lowest BCUT2D eigenvalue weighted by molar-refractivity contribution is -0.383. The summed E-state index contributed by atoms with van der Waals surface area (Å²) in [4.78, 5) is 18.8. The number of rotatable bonds is 5. The zero-order valence-corrected chi connectivity index (χ0v) is 13.6. The summed E-state index contributed by atoms with van der Waals surface area (Å²) in [5, 5.41) is 17.7. The van der Waals surface area contributed by atoms with Gasteiger partial charge in [-0.2, -0.15) is 9.97 Å². The quantitative estimate of drug-likeness (QED) is 0.465. The third-order valence-electron chi connectivity index (χ3n) is 3.21. The van der Waals surface area contributed by atoms with E-state index < -0.39 is 4.92 Å².